The molecule has 1 heterocycles. The molecule has 1 aliphatic rings. The van der Waals surface area contributed by atoms with Gasteiger partial charge in [0.1, 0.15) is 5.78 Å². The van der Waals surface area contributed by atoms with E-state index in [2.05, 4.69) is 10.8 Å². The number of hydrogen-bond acceptors (Lipinski definition) is 3. The van der Waals surface area contributed by atoms with E-state index in [-0.39, 0.29) is 0 Å². The molecule has 0 spiro atoms. The second kappa shape index (κ2) is 6.77. The van der Waals surface area contributed by atoms with E-state index in [9.17, 15) is 4.79 Å². The van der Waals surface area contributed by atoms with E-state index in [0.717, 1.165) is 18.1 Å². The van der Waals surface area contributed by atoms with Crippen LogP contribution in [0.5, 0.6) is 0 Å². The van der Waals surface area contributed by atoms with E-state index in [1.165, 1.54) is 31.4 Å². The summed E-state index contributed by atoms with van der Waals surface area (Å²) < 4.78 is 0. The average Bonchev–Trinajstić information content (AvgIpc) is 2.55. The zero-order valence-electron chi connectivity index (χ0n) is 8.25. The van der Waals surface area contributed by atoms with Gasteiger partial charge in [-0.05, 0) is 26.2 Å². The van der Waals surface area contributed by atoms with E-state index in [1.807, 2.05) is 10.8 Å². The predicted molar refractivity (Wildman–Crippen MR) is 62.2 cm³/mol. The molecule has 1 saturated heterocycles. The average molecular weight is 218 g/mol. The van der Waals surface area contributed by atoms with Crippen LogP contribution in [-0.2, 0) is 4.79 Å². The summed E-state index contributed by atoms with van der Waals surface area (Å²) in [7, 11) is 4.07. The first-order chi connectivity index (χ1) is 6.29. The smallest absolute Gasteiger partial charge is 0.129 e. The highest BCUT2D eigenvalue weighted by molar-refractivity contribution is 8.77. The maximum Gasteiger partial charge on any atom is 0.129 e. The van der Waals surface area contributed by atoms with Gasteiger partial charge in [-0.3, -0.25) is 0 Å². The molecular formula is C10H18OS2. The minimum atomic E-state index is 0.339. The van der Waals surface area contributed by atoms with Crippen molar-refractivity contribution in [2.24, 2.45) is 0 Å². The molecule has 0 N–H and O–H groups in total. The molecule has 1 aliphatic heterocycles. The first-order valence-electron chi connectivity index (χ1n) is 5.07. The van der Waals surface area contributed by atoms with Crippen molar-refractivity contribution in [3.8, 4) is 0 Å². The van der Waals surface area contributed by atoms with E-state index < -0.39 is 0 Å². The highest BCUT2D eigenvalue weighted by Gasteiger charge is 2.15. The molecule has 3 heteroatoms. The van der Waals surface area contributed by atoms with Crippen LogP contribution < -0.4 is 0 Å². The third kappa shape index (κ3) is 5.63. The van der Waals surface area contributed by atoms with Gasteiger partial charge in [-0.1, -0.05) is 34.4 Å². The summed E-state index contributed by atoms with van der Waals surface area (Å²) in [5, 5.41) is 0.905. The highest BCUT2D eigenvalue weighted by Crippen LogP contribution is 2.39. The molecule has 0 aliphatic carbocycles. The van der Waals surface area contributed by atoms with Crippen LogP contribution in [0.15, 0.2) is 0 Å². The number of ketones is 1. The topological polar surface area (TPSA) is 17.1 Å². The van der Waals surface area contributed by atoms with Crippen LogP contribution >= 0.6 is 21.6 Å². The Morgan fingerprint density at radius 3 is 2.85 bits per heavy atom. The summed E-state index contributed by atoms with van der Waals surface area (Å²) in [6.07, 6.45) is 7.18. The molecule has 1 atom stereocenters. The monoisotopic (exact) mass is 218 g/mol. The van der Waals surface area contributed by atoms with Gasteiger partial charge in [0, 0.05) is 17.4 Å². The lowest BCUT2D eigenvalue weighted by molar-refractivity contribution is -0.117. The maximum atomic E-state index is 10.7. The second-order valence-electron chi connectivity index (χ2n) is 3.63. The van der Waals surface area contributed by atoms with Gasteiger partial charge in [0.2, 0.25) is 0 Å². The second-order valence-corrected chi connectivity index (χ2v) is 6.42. The van der Waals surface area contributed by atoms with Gasteiger partial charge < -0.3 is 4.79 Å². The number of Topliss-reactive ketones (excluding diaryl/α,β-unsaturated/α-hetero) is 1. The Balaban J connectivity index is 1.86. The van der Waals surface area contributed by atoms with Gasteiger partial charge in [0.25, 0.3) is 0 Å². The van der Waals surface area contributed by atoms with Crippen molar-refractivity contribution in [2.45, 2.75) is 50.7 Å². The van der Waals surface area contributed by atoms with E-state index in [0.29, 0.717) is 5.78 Å². The summed E-state index contributed by atoms with van der Waals surface area (Å²) in [6, 6.07) is 0. The van der Waals surface area contributed by atoms with Gasteiger partial charge >= 0.3 is 0 Å². The van der Waals surface area contributed by atoms with Crippen molar-refractivity contribution in [1.82, 2.24) is 0 Å². The van der Waals surface area contributed by atoms with Crippen molar-refractivity contribution < 1.29 is 4.79 Å². The molecule has 1 fully saturated rings. The summed E-state index contributed by atoms with van der Waals surface area (Å²) >= 11 is 0. The first kappa shape index (κ1) is 11.4. The minimum Gasteiger partial charge on any atom is -0.300 e. The molecule has 0 bridgehead atoms. The van der Waals surface area contributed by atoms with Crippen LogP contribution in [0, 0.1) is 0 Å². The Bertz CT molecular complexity index is 153. The number of hydrogen-bond donors (Lipinski definition) is 0. The molecule has 76 valence electrons. The fourth-order valence-electron chi connectivity index (χ4n) is 1.49. The number of carbonyl (C=O) groups excluding carboxylic acids is 1. The van der Waals surface area contributed by atoms with Gasteiger partial charge in [-0.15, -0.1) is 0 Å². The minimum absolute atomic E-state index is 0.339. The molecule has 1 rings (SSSR count). The van der Waals surface area contributed by atoms with Crippen molar-refractivity contribution >= 4 is 27.4 Å². The van der Waals surface area contributed by atoms with Crippen molar-refractivity contribution in [2.75, 3.05) is 5.75 Å². The Labute approximate surface area is 88.8 Å². The summed E-state index contributed by atoms with van der Waals surface area (Å²) in [5.74, 6) is 1.67. The van der Waals surface area contributed by atoms with Crippen LogP contribution in [0.2, 0.25) is 0 Å². The molecule has 13 heavy (non-hydrogen) atoms. The van der Waals surface area contributed by atoms with Crippen LogP contribution in [0.3, 0.4) is 0 Å². The van der Waals surface area contributed by atoms with Gasteiger partial charge in [-0.2, -0.15) is 0 Å². The van der Waals surface area contributed by atoms with Crippen molar-refractivity contribution in [1.29, 1.82) is 0 Å². The number of rotatable bonds is 6. The SMILES string of the molecule is CC(=O)CCCCCC1CCSS1. The third-order valence-corrected chi connectivity index (χ3v) is 5.29. The first-order valence-corrected chi connectivity index (χ1v) is 7.45. The molecule has 0 radical (unpaired) electrons. The van der Waals surface area contributed by atoms with Gasteiger partial charge in [0.05, 0.1) is 0 Å². The van der Waals surface area contributed by atoms with Crippen LogP contribution in [0.4, 0.5) is 0 Å². The predicted octanol–water partition coefficient (Wildman–Crippen LogP) is 3.68. The maximum absolute atomic E-state index is 10.7. The molecule has 0 saturated carbocycles. The van der Waals surface area contributed by atoms with Crippen molar-refractivity contribution in [3.05, 3.63) is 0 Å². The van der Waals surface area contributed by atoms with Crippen LogP contribution in [-0.4, -0.2) is 16.8 Å². The fourth-order valence-corrected chi connectivity index (χ4v) is 4.51. The molecular weight excluding hydrogens is 200 g/mol. The molecule has 0 aromatic heterocycles. The Morgan fingerprint density at radius 1 is 1.38 bits per heavy atom. The molecule has 0 aromatic rings. The van der Waals surface area contributed by atoms with Crippen LogP contribution in [0.25, 0.3) is 0 Å². The van der Waals surface area contributed by atoms with E-state index >= 15 is 0 Å². The quantitative estimate of drug-likeness (QED) is 0.500. The van der Waals surface area contributed by atoms with E-state index in [1.54, 1.807) is 6.92 Å². The Kier molecular flexibility index (Phi) is 5.96. The lowest BCUT2D eigenvalue weighted by atomic mass is 10.1. The third-order valence-electron chi connectivity index (χ3n) is 2.28. The molecule has 0 amide bonds. The molecule has 1 nitrogen and oxygen atoms in total. The molecule has 1 unspecified atom stereocenters. The zero-order valence-corrected chi connectivity index (χ0v) is 9.88. The van der Waals surface area contributed by atoms with Gasteiger partial charge in [0.15, 0.2) is 0 Å². The Morgan fingerprint density at radius 2 is 2.23 bits per heavy atom. The fraction of sp³-hybridized carbons (Fsp3) is 0.900. The normalized spacial score (nSPS) is 22.1. The standard InChI is InChI=1S/C10H18OS2/c1-9(11)5-3-2-4-6-10-7-8-12-13-10/h10H,2-8H2,1H3. The number of unbranched alkanes of at least 4 members (excludes halogenated alkanes) is 2. The summed E-state index contributed by atoms with van der Waals surface area (Å²) in [6.45, 7) is 1.68. The van der Waals surface area contributed by atoms with Crippen LogP contribution in [0.1, 0.15) is 45.4 Å². The Hall–Kier alpha value is 0.370. The lowest BCUT2D eigenvalue weighted by Crippen LogP contribution is -1.97. The number of carbonyl (C=O) groups is 1. The zero-order chi connectivity index (χ0) is 9.52. The lowest BCUT2D eigenvalue weighted by Gasteiger charge is -2.05. The van der Waals surface area contributed by atoms with Crippen molar-refractivity contribution in [3.63, 3.8) is 0 Å². The summed E-state index contributed by atoms with van der Waals surface area (Å²) in [5.41, 5.74) is 0. The van der Waals surface area contributed by atoms with E-state index in [4.69, 9.17) is 0 Å². The highest BCUT2D eigenvalue weighted by atomic mass is 33.1. The largest absolute Gasteiger partial charge is 0.300 e. The molecule has 0 aromatic carbocycles. The van der Waals surface area contributed by atoms with Gasteiger partial charge in [-0.25, -0.2) is 0 Å². The summed E-state index contributed by atoms with van der Waals surface area (Å²) in [4.78, 5) is 10.7.